The van der Waals surface area contributed by atoms with Crippen LogP contribution in [0.3, 0.4) is 0 Å². The van der Waals surface area contributed by atoms with Gasteiger partial charge in [-0.1, -0.05) is 30.3 Å². The van der Waals surface area contributed by atoms with Gasteiger partial charge in [0.15, 0.2) is 0 Å². The predicted molar refractivity (Wildman–Crippen MR) is 78.9 cm³/mol. The molecule has 0 aliphatic carbocycles. The predicted octanol–water partition coefficient (Wildman–Crippen LogP) is 2.51. The van der Waals surface area contributed by atoms with E-state index in [1.165, 1.54) is 17.0 Å². The average Bonchev–Trinajstić information content (AvgIpc) is 2.76. The first-order chi connectivity index (χ1) is 10.1. The minimum Gasteiger partial charge on any atom is -0.508 e. The molecule has 1 saturated heterocycles. The molecule has 1 aliphatic heterocycles. The number of aromatic hydroxyl groups is 1. The summed E-state index contributed by atoms with van der Waals surface area (Å²) in [5.41, 5.74) is 1.56. The van der Waals surface area contributed by atoms with E-state index in [1.54, 1.807) is 12.1 Å². The molecule has 4 nitrogen and oxygen atoms in total. The van der Waals surface area contributed by atoms with Crippen LogP contribution in [0.25, 0.3) is 0 Å². The number of anilines is 1. The van der Waals surface area contributed by atoms with Gasteiger partial charge in [-0.15, -0.1) is 0 Å². The Balaban J connectivity index is 1.80. The van der Waals surface area contributed by atoms with E-state index >= 15 is 0 Å². The van der Waals surface area contributed by atoms with Crippen molar-refractivity contribution in [2.75, 3.05) is 4.90 Å². The molecule has 0 spiro atoms. The summed E-state index contributed by atoms with van der Waals surface area (Å²) in [6, 6.07) is 15.8. The van der Waals surface area contributed by atoms with E-state index in [1.807, 2.05) is 30.3 Å². The highest BCUT2D eigenvalue weighted by Gasteiger charge is 2.39. The Morgan fingerprint density at radius 1 is 1.00 bits per heavy atom. The van der Waals surface area contributed by atoms with E-state index in [4.69, 9.17) is 0 Å². The summed E-state index contributed by atoms with van der Waals surface area (Å²) < 4.78 is 0. The number of amides is 2. The second kappa shape index (κ2) is 5.40. The van der Waals surface area contributed by atoms with Gasteiger partial charge in [0.05, 0.1) is 11.6 Å². The maximum atomic E-state index is 12.4. The Kier molecular flexibility index (Phi) is 3.44. The number of hydrogen-bond donors (Lipinski definition) is 1. The summed E-state index contributed by atoms with van der Waals surface area (Å²) in [6.07, 6.45) is 0.800. The van der Waals surface area contributed by atoms with Crippen molar-refractivity contribution >= 4 is 17.5 Å². The lowest BCUT2D eigenvalue weighted by atomic mass is 9.98. The highest BCUT2D eigenvalue weighted by Crippen LogP contribution is 2.29. The van der Waals surface area contributed by atoms with E-state index in [2.05, 4.69) is 0 Å². The Bertz CT molecular complexity index is 664. The molecule has 106 valence electrons. The third kappa shape index (κ3) is 2.65. The lowest BCUT2D eigenvalue weighted by Gasteiger charge is -2.15. The van der Waals surface area contributed by atoms with Crippen LogP contribution in [0.1, 0.15) is 12.0 Å². The zero-order valence-electron chi connectivity index (χ0n) is 11.4. The van der Waals surface area contributed by atoms with Crippen molar-refractivity contribution in [2.45, 2.75) is 12.8 Å². The van der Waals surface area contributed by atoms with Crippen molar-refractivity contribution in [1.82, 2.24) is 0 Å². The van der Waals surface area contributed by atoms with Gasteiger partial charge >= 0.3 is 0 Å². The molecule has 21 heavy (non-hydrogen) atoms. The minimum absolute atomic E-state index is 0.110. The first-order valence-corrected chi connectivity index (χ1v) is 6.85. The van der Waals surface area contributed by atoms with Gasteiger partial charge in [0.25, 0.3) is 0 Å². The monoisotopic (exact) mass is 281 g/mol. The number of nitrogens with zero attached hydrogens (tertiary/aromatic N) is 1. The molecule has 2 aromatic carbocycles. The van der Waals surface area contributed by atoms with Crippen molar-refractivity contribution in [3.05, 3.63) is 60.2 Å². The standard InChI is InChI=1S/C17H15NO3/c19-15-8-6-14(7-9-15)18-16(20)11-13(17(18)21)10-12-4-2-1-3-5-12/h1-9,13,19H,10-11H2. The van der Waals surface area contributed by atoms with Crippen LogP contribution >= 0.6 is 0 Å². The molecule has 1 atom stereocenters. The molecule has 1 heterocycles. The number of rotatable bonds is 3. The summed E-state index contributed by atoms with van der Waals surface area (Å²) >= 11 is 0. The molecular formula is C17H15NO3. The van der Waals surface area contributed by atoms with Gasteiger partial charge in [-0.05, 0) is 36.2 Å². The lowest BCUT2D eigenvalue weighted by molar-refractivity contribution is -0.122. The number of imide groups is 1. The van der Waals surface area contributed by atoms with Crippen molar-refractivity contribution in [1.29, 1.82) is 0 Å². The lowest BCUT2D eigenvalue weighted by Crippen LogP contribution is -2.30. The maximum Gasteiger partial charge on any atom is 0.237 e. The molecule has 1 unspecified atom stereocenters. The van der Waals surface area contributed by atoms with Crippen LogP contribution in [0.4, 0.5) is 5.69 Å². The molecule has 0 aromatic heterocycles. The van der Waals surface area contributed by atoms with Crippen LogP contribution in [0.2, 0.25) is 0 Å². The fraction of sp³-hybridized carbons (Fsp3) is 0.176. The second-order valence-corrected chi connectivity index (χ2v) is 5.17. The molecular weight excluding hydrogens is 266 g/mol. The molecule has 1 N–H and O–H groups in total. The fourth-order valence-electron chi connectivity index (χ4n) is 2.63. The molecule has 4 heteroatoms. The minimum atomic E-state index is -0.311. The molecule has 2 aromatic rings. The summed E-state index contributed by atoms with van der Waals surface area (Å²) in [4.78, 5) is 25.8. The Morgan fingerprint density at radius 2 is 1.67 bits per heavy atom. The molecule has 0 radical (unpaired) electrons. The van der Waals surface area contributed by atoms with Crippen LogP contribution < -0.4 is 4.90 Å². The molecule has 1 aliphatic rings. The van der Waals surface area contributed by atoms with Crippen molar-refractivity contribution in [3.8, 4) is 5.75 Å². The Hall–Kier alpha value is -2.62. The van der Waals surface area contributed by atoms with E-state index in [9.17, 15) is 14.7 Å². The van der Waals surface area contributed by atoms with Crippen molar-refractivity contribution in [2.24, 2.45) is 5.92 Å². The second-order valence-electron chi connectivity index (χ2n) is 5.17. The summed E-state index contributed by atoms with van der Waals surface area (Å²) in [7, 11) is 0. The average molecular weight is 281 g/mol. The normalized spacial score (nSPS) is 18.3. The molecule has 1 fully saturated rings. The SMILES string of the molecule is O=C1CC(Cc2ccccc2)C(=O)N1c1ccc(O)cc1. The van der Waals surface area contributed by atoms with Gasteiger partial charge < -0.3 is 5.11 Å². The first-order valence-electron chi connectivity index (χ1n) is 6.85. The van der Waals surface area contributed by atoms with E-state index in [0.717, 1.165) is 5.56 Å². The largest absolute Gasteiger partial charge is 0.508 e. The summed E-state index contributed by atoms with van der Waals surface area (Å²) in [5, 5.41) is 9.29. The van der Waals surface area contributed by atoms with Gasteiger partial charge in [0, 0.05) is 6.42 Å². The van der Waals surface area contributed by atoms with Gasteiger partial charge in [-0.2, -0.15) is 0 Å². The zero-order chi connectivity index (χ0) is 14.8. The van der Waals surface area contributed by atoms with Crippen LogP contribution in [0.5, 0.6) is 5.75 Å². The number of carbonyl (C=O) groups is 2. The zero-order valence-corrected chi connectivity index (χ0v) is 11.4. The number of phenols is 1. The molecule has 0 saturated carbocycles. The first kappa shape index (κ1) is 13.4. The topological polar surface area (TPSA) is 57.6 Å². The smallest absolute Gasteiger partial charge is 0.237 e. The third-order valence-corrected chi connectivity index (χ3v) is 3.67. The number of carbonyl (C=O) groups excluding carboxylic acids is 2. The number of phenolic OH excluding ortho intramolecular Hbond substituents is 1. The van der Waals surface area contributed by atoms with E-state index in [0.29, 0.717) is 12.1 Å². The molecule has 0 bridgehead atoms. The molecule has 2 amide bonds. The number of hydrogen-bond acceptors (Lipinski definition) is 3. The maximum absolute atomic E-state index is 12.4. The van der Waals surface area contributed by atoms with Crippen LogP contribution in [-0.4, -0.2) is 16.9 Å². The third-order valence-electron chi connectivity index (χ3n) is 3.67. The van der Waals surface area contributed by atoms with Crippen LogP contribution in [0, 0.1) is 5.92 Å². The van der Waals surface area contributed by atoms with Gasteiger partial charge in [-0.25, -0.2) is 0 Å². The number of benzene rings is 2. The summed E-state index contributed by atoms with van der Waals surface area (Å²) in [6.45, 7) is 0. The van der Waals surface area contributed by atoms with E-state index in [-0.39, 0.29) is 29.9 Å². The van der Waals surface area contributed by atoms with E-state index < -0.39 is 0 Å². The van der Waals surface area contributed by atoms with Gasteiger partial charge in [-0.3, -0.25) is 14.5 Å². The van der Waals surface area contributed by atoms with Crippen molar-refractivity contribution in [3.63, 3.8) is 0 Å². The quantitative estimate of drug-likeness (QED) is 0.879. The fourth-order valence-corrected chi connectivity index (χ4v) is 2.63. The van der Waals surface area contributed by atoms with Gasteiger partial charge in [0.2, 0.25) is 11.8 Å². The Labute approximate surface area is 122 Å². The Morgan fingerprint density at radius 3 is 2.33 bits per heavy atom. The van der Waals surface area contributed by atoms with Crippen LogP contribution in [0.15, 0.2) is 54.6 Å². The molecule has 3 rings (SSSR count). The van der Waals surface area contributed by atoms with Crippen molar-refractivity contribution < 1.29 is 14.7 Å². The summed E-state index contributed by atoms with van der Waals surface area (Å²) in [5.74, 6) is -0.562. The highest BCUT2D eigenvalue weighted by molar-refractivity contribution is 6.21. The highest BCUT2D eigenvalue weighted by atomic mass is 16.3. The van der Waals surface area contributed by atoms with Crippen LogP contribution in [-0.2, 0) is 16.0 Å². The van der Waals surface area contributed by atoms with Gasteiger partial charge in [0.1, 0.15) is 5.75 Å².